The van der Waals surface area contributed by atoms with E-state index in [0.717, 1.165) is 50.0 Å². The van der Waals surface area contributed by atoms with Crippen LogP contribution in [0.25, 0.3) is 0 Å². The topological polar surface area (TPSA) is 84.6 Å². The number of ether oxygens (including phenoxy) is 1. The SMILES string of the molecule is COc1ccc(N(Cc2cnccc2C)C2CCN([C@H](C)CCc3cc(C(F)(F)F)c(C(N)=O)c(C)n3)CC2)cc1. The number of anilines is 1. The zero-order valence-corrected chi connectivity index (χ0v) is 24.0. The van der Waals surface area contributed by atoms with Crippen LogP contribution in [-0.4, -0.2) is 53.1 Å². The molecule has 1 saturated heterocycles. The Bertz CT molecular complexity index is 1340. The van der Waals surface area contributed by atoms with E-state index in [-0.39, 0.29) is 11.7 Å². The summed E-state index contributed by atoms with van der Waals surface area (Å²) in [6, 6.07) is 11.6. The highest BCUT2D eigenvalue weighted by molar-refractivity contribution is 5.95. The van der Waals surface area contributed by atoms with Crippen LogP contribution in [0.4, 0.5) is 18.9 Å². The Morgan fingerprint density at radius 2 is 1.85 bits per heavy atom. The lowest BCUT2D eigenvalue weighted by molar-refractivity contribution is -0.138. The van der Waals surface area contributed by atoms with Gasteiger partial charge in [0.1, 0.15) is 5.75 Å². The van der Waals surface area contributed by atoms with E-state index in [0.29, 0.717) is 24.6 Å². The number of aromatic nitrogens is 2. The van der Waals surface area contributed by atoms with Crippen LogP contribution in [0, 0.1) is 13.8 Å². The molecule has 220 valence electrons. The van der Waals surface area contributed by atoms with Gasteiger partial charge >= 0.3 is 6.18 Å². The van der Waals surface area contributed by atoms with Gasteiger partial charge in [-0.15, -0.1) is 0 Å². The predicted molar refractivity (Wildman–Crippen MR) is 153 cm³/mol. The summed E-state index contributed by atoms with van der Waals surface area (Å²) >= 11 is 0. The summed E-state index contributed by atoms with van der Waals surface area (Å²) in [7, 11) is 1.66. The molecule has 0 saturated carbocycles. The fraction of sp³-hybridized carbons (Fsp3) is 0.452. The summed E-state index contributed by atoms with van der Waals surface area (Å²) < 4.78 is 46.2. The minimum Gasteiger partial charge on any atom is -0.497 e. The second-order valence-electron chi connectivity index (χ2n) is 10.8. The van der Waals surface area contributed by atoms with Crippen LogP contribution in [0.1, 0.15) is 64.6 Å². The van der Waals surface area contributed by atoms with Gasteiger partial charge < -0.3 is 20.3 Å². The molecule has 1 atom stereocenters. The number of alkyl halides is 3. The van der Waals surface area contributed by atoms with Gasteiger partial charge in [0.15, 0.2) is 0 Å². The van der Waals surface area contributed by atoms with Gasteiger partial charge in [-0.3, -0.25) is 14.8 Å². The first kappa shape index (κ1) is 30.3. The molecule has 10 heteroatoms. The van der Waals surface area contributed by atoms with Gasteiger partial charge in [-0.2, -0.15) is 13.2 Å². The molecule has 3 aromatic rings. The first-order chi connectivity index (χ1) is 19.5. The Morgan fingerprint density at radius 1 is 1.17 bits per heavy atom. The number of amides is 1. The Morgan fingerprint density at radius 3 is 2.44 bits per heavy atom. The van der Waals surface area contributed by atoms with Crippen molar-refractivity contribution in [2.75, 3.05) is 25.1 Å². The number of benzene rings is 1. The van der Waals surface area contributed by atoms with Crippen molar-refractivity contribution in [1.29, 1.82) is 0 Å². The standard InChI is InChI=1S/C31H38F3N5O2/c1-20-11-14-36-18-23(20)19-39(25-7-9-27(41-4)10-8-25)26-12-15-38(16-13-26)21(2)5-6-24-17-28(31(32,33)34)29(30(35)40)22(3)37-24/h7-11,14,17-18,21,26H,5-6,12-13,15-16,19H2,1-4H3,(H2,35,40)/t21-/m1/s1. The molecule has 0 radical (unpaired) electrons. The summed E-state index contributed by atoms with van der Waals surface area (Å²) in [5, 5.41) is 0. The van der Waals surface area contributed by atoms with Crippen molar-refractivity contribution in [3.63, 3.8) is 0 Å². The number of hydrogen-bond acceptors (Lipinski definition) is 6. The molecule has 3 heterocycles. The molecule has 0 spiro atoms. The van der Waals surface area contributed by atoms with Crippen LogP contribution in [0.3, 0.4) is 0 Å². The average molecular weight is 570 g/mol. The smallest absolute Gasteiger partial charge is 0.417 e. The number of halogens is 3. The number of nitrogens with zero attached hydrogens (tertiary/aromatic N) is 4. The molecule has 1 aliphatic rings. The summed E-state index contributed by atoms with van der Waals surface area (Å²) in [6.07, 6.45) is 2.01. The zero-order chi connectivity index (χ0) is 29.7. The van der Waals surface area contributed by atoms with Gasteiger partial charge in [0, 0.05) is 55.5 Å². The van der Waals surface area contributed by atoms with E-state index in [1.807, 2.05) is 30.6 Å². The van der Waals surface area contributed by atoms with Crippen molar-refractivity contribution in [2.24, 2.45) is 5.73 Å². The fourth-order valence-corrected chi connectivity index (χ4v) is 5.63. The normalized spacial score (nSPS) is 15.5. The van der Waals surface area contributed by atoms with Gasteiger partial charge in [0.25, 0.3) is 5.91 Å². The molecule has 0 bridgehead atoms. The maximum atomic E-state index is 13.6. The monoisotopic (exact) mass is 569 g/mol. The molecule has 0 aliphatic carbocycles. The lowest BCUT2D eigenvalue weighted by Gasteiger charge is -2.42. The first-order valence-corrected chi connectivity index (χ1v) is 13.9. The molecule has 1 aromatic carbocycles. The second-order valence-corrected chi connectivity index (χ2v) is 10.8. The average Bonchev–Trinajstić information content (AvgIpc) is 2.94. The minimum absolute atomic E-state index is 0.0123. The minimum atomic E-state index is -4.68. The van der Waals surface area contributed by atoms with E-state index in [1.54, 1.807) is 7.11 Å². The lowest BCUT2D eigenvalue weighted by atomic mass is 9.97. The molecule has 4 rings (SSSR count). The predicted octanol–water partition coefficient (Wildman–Crippen LogP) is 5.71. The number of aryl methyl sites for hydroxylation is 3. The fourth-order valence-electron chi connectivity index (χ4n) is 5.63. The number of nitrogens with two attached hydrogens (primary N) is 1. The van der Waals surface area contributed by atoms with Gasteiger partial charge in [0.05, 0.1) is 23.9 Å². The van der Waals surface area contributed by atoms with Crippen LogP contribution in [-0.2, 0) is 19.1 Å². The van der Waals surface area contributed by atoms with Gasteiger partial charge in [-0.1, -0.05) is 0 Å². The number of pyridine rings is 2. The van der Waals surface area contributed by atoms with E-state index < -0.39 is 23.2 Å². The van der Waals surface area contributed by atoms with Crippen molar-refractivity contribution < 1.29 is 22.7 Å². The van der Waals surface area contributed by atoms with E-state index in [4.69, 9.17) is 10.5 Å². The number of primary amides is 1. The largest absolute Gasteiger partial charge is 0.497 e. The van der Waals surface area contributed by atoms with E-state index >= 15 is 0 Å². The molecular weight excluding hydrogens is 531 g/mol. The van der Waals surface area contributed by atoms with Crippen LogP contribution < -0.4 is 15.4 Å². The van der Waals surface area contributed by atoms with Crippen molar-refractivity contribution in [2.45, 2.75) is 71.3 Å². The van der Waals surface area contributed by atoms with Gasteiger partial charge in [0.2, 0.25) is 0 Å². The third kappa shape index (κ3) is 7.35. The van der Waals surface area contributed by atoms with E-state index in [1.165, 1.54) is 18.1 Å². The molecule has 0 unspecified atom stereocenters. The molecule has 1 amide bonds. The number of piperidine rings is 1. The molecule has 7 nitrogen and oxygen atoms in total. The third-order valence-electron chi connectivity index (χ3n) is 8.08. The Kier molecular flexibility index (Phi) is 9.53. The highest BCUT2D eigenvalue weighted by Gasteiger charge is 2.36. The van der Waals surface area contributed by atoms with Crippen molar-refractivity contribution in [3.05, 3.63) is 82.4 Å². The van der Waals surface area contributed by atoms with E-state index in [2.05, 4.69) is 45.7 Å². The van der Waals surface area contributed by atoms with Gasteiger partial charge in [-0.05, 0) is 94.0 Å². The summed E-state index contributed by atoms with van der Waals surface area (Å²) in [5.41, 5.74) is 7.49. The van der Waals surface area contributed by atoms with Crippen LogP contribution in [0.15, 0.2) is 48.8 Å². The molecular formula is C31H38F3N5O2. The Balaban J connectivity index is 1.42. The Hall–Kier alpha value is -3.66. The highest BCUT2D eigenvalue weighted by Crippen LogP contribution is 2.34. The van der Waals surface area contributed by atoms with Crippen molar-refractivity contribution >= 4 is 11.6 Å². The molecule has 2 aromatic heterocycles. The maximum Gasteiger partial charge on any atom is 0.417 e. The summed E-state index contributed by atoms with van der Waals surface area (Å²) in [5.74, 6) is -0.307. The highest BCUT2D eigenvalue weighted by atomic mass is 19.4. The lowest BCUT2D eigenvalue weighted by Crippen LogP contribution is -2.47. The number of carbonyl (C=O) groups excluding carboxylic acids is 1. The zero-order valence-electron chi connectivity index (χ0n) is 24.0. The molecule has 2 N–H and O–H groups in total. The number of methoxy groups -OCH3 is 1. The third-order valence-corrected chi connectivity index (χ3v) is 8.08. The summed E-state index contributed by atoms with van der Waals surface area (Å²) in [4.78, 5) is 25.1. The number of carbonyl (C=O) groups is 1. The van der Waals surface area contributed by atoms with Crippen molar-refractivity contribution in [3.8, 4) is 5.75 Å². The van der Waals surface area contributed by atoms with Crippen LogP contribution in [0.5, 0.6) is 5.75 Å². The van der Waals surface area contributed by atoms with E-state index in [9.17, 15) is 18.0 Å². The molecule has 41 heavy (non-hydrogen) atoms. The first-order valence-electron chi connectivity index (χ1n) is 13.9. The van der Waals surface area contributed by atoms with Crippen LogP contribution >= 0.6 is 0 Å². The Labute approximate surface area is 239 Å². The number of rotatable bonds is 10. The maximum absolute atomic E-state index is 13.6. The number of likely N-dealkylation sites (tertiary alicyclic amines) is 1. The quantitative estimate of drug-likeness (QED) is 0.337. The van der Waals surface area contributed by atoms with Gasteiger partial charge in [-0.25, -0.2) is 0 Å². The molecule has 1 aliphatic heterocycles. The summed E-state index contributed by atoms with van der Waals surface area (Å²) in [6.45, 7) is 8.12. The molecule has 1 fully saturated rings. The van der Waals surface area contributed by atoms with Crippen molar-refractivity contribution in [1.82, 2.24) is 14.9 Å². The number of hydrogen-bond donors (Lipinski definition) is 1. The second kappa shape index (κ2) is 12.9. The van der Waals surface area contributed by atoms with Crippen LogP contribution in [0.2, 0.25) is 0 Å².